The summed E-state index contributed by atoms with van der Waals surface area (Å²) in [5, 5.41) is 82.0. The predicted octanol–water partition coefficient (Wildman–Crippen LogP) is -2.70. The van der Waals surface area contributed by atoms with Gasteiger partial charge in [-0.15, -0.1) is 0 Å². The number of amides is 5. The number of carbonyl (C=O) groups excluding carboxylic acids is 4. The Morgan fingerprint density at radius 1 is 0.551 bits per heavy atom. The van der Waals surface area contributed by atoms with Crippen molar-refractivity contribution in [3.63, 3.8) is 0 Å². The third-order valence-electron chi connectivity index (χ3n) is 11.0. The van der Waals surface area contributed by atoms with E-state index in [0.29, 0.717) is 9.80 Å². The predicted molar refractivity (Wildman–Crippen MR) is 225 cm³/mol. The van der Waals surface area contributed by atoms with Gasteiger partial charge < -0.3 is 75.7 Å². The van der Waals surface area contributed by atoms with E-state index >= 15 is 0 Å². The highest BCUT2D eigenvalue weighted by molar-refractivity contribution is 5.88. The van der Waals surface area contributed by atoms with E-state index in [1.807, 2.05) is 10.6 Å². The van der Waals surface area contributed by atoms with E-state index in [2.05, 4.69) is 15.3 Å². The molecule has 0 radical (unpaired) electrons. The summed E-state index contributed by atoms with van der Waals surface area (Å²) in [5.41, 5.74) is -3.12. The van der Waals surface area contributed by atoms with Crippen molar-refractivity contribution in [1.29, 1.82) is 0 Å². The zero-order valence-electron chi connectivity index (χ0n) is 37.6. The molecule has 2 heterocycles. The smallest absolute Gasteiger partial charge is 0.326 e. The Morgan fingerprint density at radius 3 is 1.26 bits per heavy atom. The molecule has 30 heteroatoms. The maximum atomic E-state index is 13.4. The average Bonchev–Trinajstić information content (AvgIpc) is 3.86. The highest BCUT2D eigenvalue weighted by Crippen LogP contribution is 2.41. The SMILES string of the molecule is CC(C)(C(NC(=O)CC[C@H](NC(=O)N[C@@H](CCC(=O)O)C(=O)O)C(=O)O)C(=O)O)C(C)(C)N(Cc1nccn1CC(=O)N(CC(=O)O)CC(=O)O)Cc1nccn1CC(=O)N(CC(=O)O)CC(=O)O. The standard InChI is InChI=1S/C39H54N10O20/c1-38(2,33(36(67)68)44-25(50)7-5-21(34(63)64)42-37(69)43-22(35(65)66)6-8-28(53)54)39(3,4)49(13-23-40-9-11-45(23)15-26(51)47(17-29(55)56)18-30(57)58)14-24-41-10-12-46(24)16-27(52)48(19-31(59)60)20-32(61)62/h9-12,21-22,33H,5-8,13-20H2,1-4H3,(H,44,50)(H,53,54)(H,55,56)(H,57,58)(H,59,60)(H,61,62)(H,63,64)(H,65,66)(H,67,68)(H2,42,43,69)/t21-,22-,33?/m0/s1. The van der Waals surface area contributed by atoms with Crippen LogP contribution in [0.4, 0.5) is 4.79 Å². The van der Waals surface area contributed by atoms with Crippen molar-refractivity contribution in [3.05, 3.63) is 36.4 Å². The van der Waals surface area contributed by atoms with Gasteiger partial charge in [-0.25, -0.2) is 29.1 Å². The first-order valence-corrected chi connectivity index (χ1v) is 20.4. The number of carbonyl (C=O) groups is 12. The van der Waals surface area contributed by atoms with Gasteiger partial charge >= 0.3 is 53.8 Å². The van der Waals surface area contributed by atoms with Gasteiger partial charge in [0.1, 0.15) is 69.0 Å². The number of nitrogens with zero attached hydrogens (tertiary/aromatic N) is 7. The molecule has 0 saturated heterocycles. The van der Waals surface area contributed by atoms with Crippen LogP contribution in [-0.2, 0) is 78.9 Å². The first kappa shape index (κ1) is 56.9. The summed E-state index contributed by atoms with van der Waals surface area (Å²) >= 11 is 0. The van der Waals surface area contributed by atoms with Gasteiger partial charge in [-0.1, -0.05) is 13.8 Å². The maximum Gasteiger partial charge on any atom is 0.326 e. The van der Waals surface area contributed by atoms with Crippen molar-refractivity contribution >= 4 is 71.5 Å². The second-order valence-corrected chi connectivity index (χ2v) is 16.4. The van der Waals surface area contributed by atoms with Crippen LogP contribution in [0.2, 0.25) is 0 Å². The van der Waals surface area contributed by atoms with Crippen LogP contribution in [0, 0.1) is 5.41 Å². The highest BCUT2D eigenvalue weighted by Gasteiger charge is 2.51. The number of hydrogen-bond donors (Lipinski definition) is 11. The average molecular weight is 983 g/mol. The van der Waals surface area contributed by atoms with Crippen LogP contribution < -0.4 is 16.0 Å². The zero-order valence-corrected chi connectivity index (χ0v) is 37.6. The van der Waals surface area contributed by atoms with Crippen molar-refractivity contribution in [2.24, 2.45) is 5.41 Å². The largest absolute Gasteiger partial charge is 0.481 e. The molecule has 2 rings (SSSR count). The Bertz CT molecular complexity index is 2150. The van der Waals surface area contributed by atoms with Crippen molar-refractivity contribution in [3.8, 4) is 0 Å². The topological polar surface area (TPSA) is 448 Å². The molecule has 2 aromatic heterocycles. The monoisotopic (exact) mass is 982 g/mol. The summed E-state index contributed by atoms with van der Waals surface area (Å²) in [6, 6.07) is -6.70. The van der Waals surface area contributed by atoms with E-state index in [1.165, 1.54) is 47.8 Å². The van der Waals surface area contributed by atoms with Crippen molar-refractivity contribution in [2.45, 2.75) is 103 Å². The van der Waals surface area contributed by atoms with Crippen LogP contribution >= 0.6 is 0 Å². The fourth-order valence-corrected chi connectivity index (χ4v) is 6.63. The van der Waals surface area contributed by atoms with Crippen LogP contribution in [-0.4, -0.2) is 196 Å². The molecule has 5 amide bonds. The third kappa shape index (κ3) is 17.5. The van der Waals surface area contributed by atoms with Crippen LogP contribution in [0.25, 0.3) is 0 Å². The number of nitrogens with one attached hydrogen (secondary N) is 3. The minimum absolute atomic E-state index is 0.0600. The van der Waals surface area contributed by atoms with E-state index in [9.17, 15) is 93.3 Å². The highest BCUT2D eigenvalue weighted by atomic mass is 16.4. The van der Waals surface area contributed by atoms with Gasteiger partial charge in [0, 0.05) is 48.6 Å². The van der Waals surface area contributed by atoms with Gasteiger partial charge in [-0.3, -0.25) is 43.3 Å². The van der Waals surface area contributed by atoms with E-state index in [0.717, 1.165) is 0 Å². The lowest BCUT2D eigenvalue weighted by atomic mass is 9.68. The molecule has 69 heavy (non-hydrogen) atoms. The summed E-state index contributed by atoms with van der Waals surface area (Å²) < 4.78 is 2.50. The minimum Gasteiger partial charge on any atom is -0.481 e. The molecule has 0 aliphatic rings. The van der Waals surface area contributed by atoms with Crippen LogP contribution in [0.15, 0.2) is 24.8 Å². The molecule has 1 unspecified atom stereocenters. The fraction of sp³-hybridized carbons (Fsp3) is 0.538. The summed E-state index contributed by atoms with van der Waals surface area (Å²) in [4.78, 5) is 157. The molecular formula is C39H54N10O20. The molecule has 0 aliphatic carbocycles. The molecule has 0 aliphatic heterocycles. The summed E-state index contributed by atoms with van der Waals surface area (Å²) in [6.45, 7) is 0.180. The van der Waals surface area contributed by atoms with E-state index < -0.39 is 166 Å². The van der Waals surface area contributed by atoms with E-state index in [-0.39, 0.29) is 24.7 Å². The molecule has 2 aromatic rings. The first-order chi connectivity index (χ1) is 32.0. The van der Waals surface area contributed by atoms with Gasteiger partial charge in [0.15, 0.2) is 0 Å². The normalized spacial score (nSPS) is 12.7. The summed E-state index contributed by atoms with van der Waals surface area (Å²) in [7, 11) is 0. The first-order valence-electron chi connectivity index (χ1n) is 20.4. The summed E-state index contributed by atoms with van der Waals surface area (Å²) in [6.07, 6.45) is 2.57. The number of hydrogen-bond acceptors (Lipinski definition) is 15. The Balaban J connectivity index is 2.56. The van der Waals surface area contributed by atoms with Crippen LogP contribution in [0.5, 0.6) is 0 Å². The van der Waals surface area contributed by atoms with Crippen molar-refractivity contribution in [2.75, 3.05) is 26.2 Å². The number of aromatic nitrogens is 4. The second-order valence-electron chi connectivity index (χ2n) is 16.4. The molecule has 0 spiro atoms. The van der Waals surface area contributed by atoms with Gasteiger partial charge in [-0.2, -0.15) is 0 Å². The van der Waals surface area contributed by atoms with E-state index in [1.54, 1.807) is 18.7 Å². The lowest BCUT2D eigenvalue weighted by molar-refractivity contribution is -0.150. The lowest BCUT2D eigenvalue weighted by Gasteiger charge is -2.51. The molecule has 0 bridgehead atoms. The molecule has 3 atom stereocenters. The molecule has 30 nitrogen and oxygen atoms in total. The number of rotatable bonds is 31. The molecule has 0 fully saturated rings. The zero-order chi connectivity index (χ0) is 52.6. The number of carboxylic acids is 8. The quantitative estimate of drug-likeness (QED) is 0.0366. The maximum absolute atomic E-state index is 13.4. The van der Waals surface area contributed by atoms with Crippen molar-refractivity contribution in [1.82, 2.24) is 49.8 Å². The van der Waals surface area contributed by atoms with E-state index in [4.69, 9.17) is 5.11 Å². The Hall–Kier alpha value is -8.18. The van der Waals surface area contributed by atoms with Crippen molar-refractivity contribution < 1.29 is 98.4 Å². The van der Waals surface area contributed by atoms with Crippen LogP contribution in [0.1, 0.15) is 65.0 Å². The Labute approximate surface area is 390 Å². The van der Waals surface area contributed by atoms with Gasteiger partial charge in [0.2, 0.25) is 17.7 Å². The third-order valence-corrected chi connectivity index (χ3v) is 11.0. The molecular weight excluding hydrogens is 928 g/mol. The molecule has 0 saturated carbocycles. The number of imidazole rings is 2. The second kappa shape index (κ2) is 25.1. The number of aliphatic carboxylic acids is 8. The minimum atomic E-state index is -1.83. The fourth-order valence-electron chi connectivity index (χ4n) is 6.63. The Kier molecular flexibility index (Phi) is 20.7. The van der Waals surface area contributed by atoms with Crippen LogP contribution in [0.3, 0.4) is 0 Å². The Morgan fingerprint density at radius 2 is 0.928 bits per heavy atom. The molecule has 0 aromatic carbocycles. The molecule has 380 valence electrons. The van der Waals surface area contributed by atoms with Gasteiger partial charge in [0.25, 0.3) is 0 Å². The number of urea groups is 1. The number of carboxylic acid groups (broad SMARTS) is 8. The van der Waals surface area contributed by atoms with Gasteiger partial charge in [0.05, 0.1) is 13.1 Å². The van der Waals surface area contributed by atoms with Gasteiger partial charge in [-0.05, 0) is 26.7 Å². The summed E-state index contributed by atoms with van der Waals surface area (Å²) in [5.74, 6) is -15.1. The molecule has 11 N–H and O–H groups in total. The lowest BCUT2D eigenvalue weighted by Crippen LogP contribution is -2.64.